The van der Waals surface area contributed by atoms with Gasteiger partial charge in [-0.1, -0.05) is 0 Å². The molecule has 94 valence electrons. The number of methoxy groups -OCH3 is 2. The summed E-state index contributed by atoms with van der Waals surface area (Å²) < 4.78 is 10.2. The first kappa shape index (κ1) is 13.3. The van der Waals surface area contributed by atoms with Crippen molar-refractivity contribution in [3.05, 3.63) is 23.8 Å². The van der Waals surface area contributed by atoms with Crippen LogP contribution in [0.25, 0.3) is 0 Å². The number of hydrogen-bond donors (Lipinski definition) is 2. The van der Waals surface area contributed by atoms with Crippen LogP contribution in [0.1, 0.15) is 17.3 Å². The molecule has 0 saturated carbocycles. The van der Waals surface area contributed by atoms with Crippen LogP contribution in [0.2, 0.25) is 0 Å². The third kappa shape index (κ3) is 3.35. The van der Waals surface area contributed by atoms with Crippen molar-refractivity contribution < 1.29 is 19.4 Å². The topological polar surface area (TPSA) is 67.8 Å². The predicted octanol–water partition coefficient (Wildman–Crippen LogP) is 0.814. The first-order valence-electron chi connectivity index (χ1n) is 5.26. The molecule has 0 radical (unpaired) electrons. The Morgan fingerprint density at radius 2 is 2.00 bits per heavy atom. The smallest absolute Gasteiger partial charge is 0.251 e. The Morgan fingerprint density at radius 1 is 1.35 bits per heavy atom. The van der Waals surface area contributed by atoms with Crippen LogP contribution < -0.4 is 14.8 Å². The summed E-state index contributed by atoms with van der Waals surface area (Å²) in [5, 5.41) is 11.5. The summed E-state index contributed by atoms with van der Waals surface area (Å²) >= 11 is 0. The molecule has 0 aliphatic rings. The molecule has 17 heavy (non-hydrogen) atoms. The number of carbonyl (C=O) groups is 1. The fourth-order valence-corrected chi connectivity index (χ4v) is 1.33. The van der Waals surface area contributed by atoms with Crippen molar-refractivity contribution >= 4 is 5.91 Å². The lowest BCUT2D eigenvalue weighted by Crippen LogP contribution is -2.34. The van der Waals surface area contributed by atoms with Crippen LogP contribution >= 0.6 is 0 Å². The number of ether oxygens (including phenoxy) is 2. The molecule has 0 aliphatic heterocycles. The molecule has 1 rings (SSSR count). The van der Waals surface area contributed by atoms with E-state index in [9.17, 15) is 4.79 Å². The second-order valence-electron chi connectivity index (χ2n) is 3.63. The molecule has 0 bridgehead atoms. The maximum atomic E-state index is 11.8. The lowest BCUT2D eigenvalue weighted by molar-refractivity contribution is 0.0922. The SMILES string of the molecule is COc1ccc(C(=O)NC(C)CO)cc1OC. The quantitative estimate of drug-likeness (QED) is 0.798. The summed E-state index contributed by atoms with van der Waals surface area (Å²) in [4.78, 5) is 11.8. The lowest BCUT2D eigenvalue weighted by atomic mass is 10.1. The normalized spacial score (nSPS) is 11.8. The zero-order valence-electron chi connectivity index (χ0n) is 10.2. The van der Waals surface area contributed by atoms with Crippen molar-refractivity contribution in [3.63, 3.8) is 0 Å². The summed E-state index contributed by atoms with van der Waals surface area (Å²) in [5.74, 6) is 0.809. The van der Waals surface area contributed by atoms with Crippen LogP contribution in [-0.2, 0) is 0 Å². The van der Waals surface area contributed by atoms with Crippen LogP contribution in [0.15, 0.2) is 18.2 Å². The minimum absolute atomic E-state index is 0.0982. The number of benzene rings is 1. The molecule has 5 nitrogen and oxygen atoms in total. The highest BCUT2D eigenvalue weighted by molar-refractivity contribution is 5.95. The van der Waals surface area contributed by atoms with Crippen molar-refractivity contribution in [1.82, 2.24) is 5.32 Å². The van der Waals surface area contributed by atoms with Crippen molar-refractivity contribution in [1.29, 1.82) is 0 Å². The van der Waals surface area contributed by atoms with E-state index in [0.29, 0.717) is 17.1 Å². The zero-order chi connectivity index (χ0) is 12.8. The van der Waals surface area contributed by atoms with E-state index in [1.807, 2.05) is 0 Å². The largest absolute Gasteiger partial charge is 0.493 e. The minimum Gasteiger partial charge on any atom is -0.493 e. The van der Waals surface area contributed by atoms with E-state index in [2.05, 4.69) is 5.32 Å². The molecule has 1 amide bonds. The summed E-state index contributed by atoms with van der Waals surface area (Å²) in [6.07, 6.45) is 0. The van der Waals surface area contributed by atoms with Gasteiger partial charge in [0.25, 0.3) is 5.91 Å². The highest BCUT2D eigenvalue weighted by Gasteiger charge is 2.12. The average molecular weight is 239 g/mol. The maximum absolute atomic E-state index is 11.8. The van der Waals surface area contributed by atoms with Crippen LogP contribution in [0.3, 0.4) is 0 Å². The van der Waals surface area contributed by atoms with Gasteiger partial charge in [-0.2, -0.15) is 0 Å². The van der Waals surface area contributed by atoms with E-state index in [4.69, 9.17) is 14.6 Å². The molecular formula is C12H17NO4. The second kappa shape index (κ2) is 6.10. The molecule has 0 heterocycles. The van der Waals surface area contributed by atoms with Gasteiger partial charge in [0.15, 0.2) is 11.5 Å². The van der Waals surface area contributed by atoms with Gasteiger partial charge in [-0.05, 0) is 25.1 Å². The monoisotopic (exact) mass is 239 g/mol. The summed E-state index contributed by atoms with van der Waals surface area (Å²) in [5.41, 5.74) is 0.461. The summed E-state index contributed by atoms with van der Waals surface area (Å²) in [6, 6.07) is 4.62. The number of carbonyl (C=O) groups excluding carboxylic acids is 1. The van der Waals surface area contributed by atoms with Gasteiger partial charge >= 0.3 is 0 Å². The second-order valence-corrected chi connectivity index (χ2v) is 3.63. The molecular weight excluding hydrogens is 222 g/mol. The molecule has 0 spiro atoms. The Bertz CT molecular complexity index is 392. The zero-order valence-corrected chi connectivity index (χ0v) is 10.2. The molecule has 1 unspecified atom stereocenters. The Hall–Kier alpha value is -1.75. The summed E-state index contributed by atoms with van der Waals surface area (Å²) in [7, 11) is 3.04. The number of aliphatic hydroxyl groups is 1. The Labute approximate surface area is 100 Å². The van der Waals surface area contributed by atoms with Crippen LogP contribution in [0, 0.1) is 0 Å². The van der Waals surface area contributed by atoms with E-state index >= 15 is 0 Å². The van der Waals surface area contributed by atoms with Gasteiger partial charge in [0.1, 0.15) is 0 Å². The number of hydrogen-bond acceptors (Lipinski definition) is 4. The first-order valence-corrected chi connectivity index (χ1v) is 5.26. The van der Waals surface area contributed by atoms with Crippen molar-refractivity contribution in [2.45, 2.75) is 13.0 Å². The van der Waals surface area contributed by atoms with Gasteiger partial charge in [-0.3, -0.25) is 4.79 Å². The molecule has 2 N–H and O–H groups in total. The molecule has 0 saturated heterocycles. The molecule has 1 atom stereocenters. The minimum atomic E-state index is -0.282. The van der Waals surface area contributed by atoms with E-state index in [1.165, 1.54) is 14.2 Å². The average Bonchev–Trinajstić information content (AvgIpc) is 2.37. The predicted molar refractivity (Wildman–Crippen MR) is 63.6 cm³/mol. The molecule has 0 aromatic heterocycles. The lowest BCUT2D eigenvalue weighted by Gasteiger charge is -2.12. The highest BCUT2D eigenvalue weighted by Crippen LogP contribution is 2.27. The van der Waals surface area contributed by atoms with Gasteiger partial charge in [-0.25, -0.2) is 0 Å². The third-order valence-corrected chi connectivity index (χ3v) is 2.30. The number of aliphatic hydroxyl groups excluding tert-OH is 1. The number of amides is 1. The van der Waals surface area contributed by atoms with Crippen molar-refractivity contribution in [2.75, 3.05) is 20.8 Å². The van der Waals surface area contributed by atoms with Gasteiger partial charge in [0, 0.05) is 11.6 Å². The van der Waals surface area contributed by atoms with Gasteiger partial charge in [0.05, 0.1) is 20.8 Å². The number of rotatable bonds is 5. The van der Waals surface area contributed by atoms with Gasteiger partial charge in [0.2, 0.25) is 0 Å². The molecule has 1 aromatic carbocycles. The Morgan fingerprint density at radius 3 is 2.53 bits per heavy atom. The molecule has 1 aromatic rings. The van der Waals surface area contributed by atoms with E-state index in [-0.39, 0.29) is 18.6 Å². The highest BCUT2D eigenvalue weighted by atomic mass is 16.5. The molecule has 0 aliphatic carbocycles. The fraction of sp³-hybridized carbons (Fsp3) is 0.417. The van der Waals surface area contributed by atoms with Crippen molar-refractivity contribution in [3.8, 4) is 11.5 Å². The maximum Gasteiger partial charge on any atom is 0.251 e. The fourth-order valence-electron chi connectivity index (χ4n) is 1.33. The van der Waals surface area contributed by atoms with E-state index < -0.39 is 0 Å². The molecule has 0 fully saturated rings. The van der Waals surface area contributed by atoms with Crippen LogP contribution in [-0.4, -0.2) is 37.9 Å². The molecule has 5 heteroatoms. The van der Waals surface area contributed by atoms with Gasteiger partial charge < -0.3 is 19.9 Å². The van der Waals surface area contributed by atoms with Crippen molar-refractivity contribution in [2.24, 2.45) is 0 Å². The first-order chi connectivity index (χ1) is 8.12. The van der Waals surface area contributed by atoms with Crippen LogP contribution in [0.4, 0.5) is 0 Å². The Balaban J connectivity index is 2.88. The Kier molecular flexibility index (Phi) is 4.78. The summed E-state index contributed by atoms with van der Waals surface area (Å²) in [6.45, 7) is 1.62. The standard InChI is InChI=1S/C12H17NO4/c1-8(7-14)13-12(15)9-4-5-10(16-2)11(6-9)17-3/h4-6,8,14H,7H2,1-3H3,(H,13,15). The van der Waals surface area contributed by atoms with Crippen LogP contribution in [0.5, 0.6) is 11.5 Å². The van der Waals surface area contributed by atoms with E-state index in [0.717, 1.165) is 0 Å². The van der Waals surface area contributed by atoms with Gasteiger partial charge in [-0.15, -0.1) is 0 Å². The number of nitrogens with one attached hydrogen (secondary N) is 1. The van der Waals surface area contributed by atoms with E-state index in [1.54, 1.807) is 25.1 Å². The third-order valence-electron chi connectivity index (χ3n) is 2.30.